The number of carbonyl (C=O) groups is 1. The molecule has 21 heavy (non-hydrogen) atoms. The van der Waals surface area contributed by atoms with E-state index in [2.05, 4.69) is 20.3 Å². The van der Waals surface area contributed by atoms with Crippen molar-refractivity contribution in [1.82, 2.24) is 19.9 Å². The highest BCUT2D eigenvalue weighted by Gasteiger charge is 2.15. The number of likely N-dealkylation sites (N-methyl/N-ethyl adjacent to an activating group) is 2. The lowest BCUT2D eigenvalue weighted by molar-refractivity contribution is -0.127. The van der Waals surface area contributed by atoms with E-state index in [0.29, 0.717) is 18.4 Å². The molecule has 1 heterocycles. The molecule has 0 saturated carbocycles. The van der Waals surface area contributed by atoms with Crippen molar-refractivity contribution in [2.75, 3.05) is 44.4 Å². The van der Waals surface area contributed by atoms with Gasteiger partial charge in [0, 0.05) is 27.7 Å². The number of ether oxygens (including phenoxy) is 1. The van der Waals surface area contributed by atoms with Crippen LogP contribution in [0.4, 0.5) is 11.9 Å². The second kappa shape index (κ2) is 7.61. The molecule has 1 amide bonds. The molecule has 8 heteroatoms. The number of carbonyl (C=O) groups excluding carboxylic acids is 1. The first kappa shape index (κ1) is 16.9. The van der Waals surface area contributed by atoms with E-state index < -0.39 is 0 Å². The van der Waals surface area contributed by atoms with Gasteiger partial charge in [-0.2, -0.15) is 15.0 Å². The number of aromatic nitrogens is 3. The van der Waals surface area contributed by atoms with Crippen molar-refractivity contribution in [3.8, 4) is 6.01 Å². The quantitative estimate of drug-likeness (QED) is 0.789. The summed E-state index contributed by atoms with van der Waals surface area (Å²) in [6, 6.07) is 0.245. The standard InChI is InChI=1S/C13H24N6O2/c1-7-14-11-15-12(17-13(16-11)21-9(2)3)19(6)8-10(20)18(4)5/h9H,7-8H2,1-6H3,(H,14,15,16,17). The van der Waals surface area contributed by atoms with Crippen molar-refractivity contribution in [2.24, 2.45) is 0 Å². The summed E-state index contributed by atoms with van der Waals surface area (Å²) in [5.41, 5.74) is 0. The minimum atomic E-state index is -0.0385. The van der Waals surface area contributed by atoms with Crippen LogP contribution < -0.4 is 15.0 Å². The molecule has 0 saturated heterocycles. The molecule has 0 aliphatic rings. The van der Waals surface area contributed by atoms with Crippen molar-refractivity contribution >= 4 is 17.8 Å². The van der Waals surface area contributed by atoms with Crippen LogP contribution in [0.25, 0.3) is 0 Å². The minimum absolute atomic E-state index is 0.0331. The van der Waals surface area contributed by atoms with Crippen molar-refractivity contribution in [3.63, 3.8) is 0 Å². The van der Waals surface area contributed by atoms with E-state index in [1.54, 1.807) is 26.0 Å². The molecule has 0 unspecified atom stereocenters. The van der Waals surface area contributed by atoms with Gasteiger partial charge in [-0.25, -0.2) is 0 Å². The van der Waals surface area contributed by atoms with Gasteiger partial charge >= 0.3 is 6.01 Å². The molecule has 0 radical (unpaired) electrons. The van der Waals surface area contributed by atoms with Crippen LogP contribution in [0.15, 0.2) is 0 Å². The van der Waals surface area contributed by atoms with Crippen LogP contribution in [0.1, 0.15) is 20.8 Å². The fourth-order valence-corrected chi connectivity index (χ4v) is 1.43. The largest absolute Gasteiger partial charge is 0.461 e. The third-order valence-corrected chi connectivity index (χ3v) is 2.49. The first-order valence-electron chi connectivity index (χ1n) is 6.91. The molecular weight excluding hydrogens is 272 g/mol. The zero-order chi connectivity index (χ0) is 16.0. The lowest BCUT2D eigenvalue weighted by Gasteiger charge is -2.20. The van der Waals surface area contributed by atoms with Crippen LogP contribution in [0.3, 0.4) is 0 Å². The summed E-state index contributed by atoms with van der Waals surface area (Å²) in [7, 11) is 5.17. The van der Waals surface area contributed by atoms with E-state index >= 15 is 0 Å². The Labute approximate surface area is 125 Å². The lowest BCUT2D eigenvalue weighted by atomic mass is 10.5. The number of nitrogens with zero attached hydrogens (tertiary/aromatic N) is 5. The van der Waals surface area contributed by atoms with Gasteiger partial charge in [0.05, 0.1) is 12.6 Å². The molecule has 0 aliphatic carbocycles. The molecule has 1 aromatic rings. The highest BCUT2D eigenvalue weighted by atomic mass is 16.5. The number of nitrogens with one attached hydrogen (secondary N) is 1. The topological polar surface area (TPSA) is 83.5 Å². The molecule has 8 nitrogen and oxygen atoms in total. The maximum atomic E-state index is 11.8. The lowest BCUT2D eigenvalue weighted by Crippen LogP contribution is -2.35. The summed E-state index contributed by atoms with van der Waals surface area (Å²) in [6.45, 7) is 6.62. The summed E-state index contributed by atoms with van der Waals surface area (Å²) in [5.74, 6) is 0.795. The monoisotopic (exact) mass is 296 g/mol. The van der Waals surface area contributed by atoms with Gasteiger partial charge in [0.25, 0.3) is 0 Å². The fraction of sp³-hybridized carbons (Fsp3) is 0.692. The maximum Gasteiger partial charge on any atom is 0.323 e. The summed E-state index contributed by atoms with van der Waals surface area (Å²) >= 11 is 0. The second-order valence-corrected chi connectivity index (χ2v) is 5.08. The fourth-order valence-electron chi connectivity index (χ4n) is 1.43. The van der Waals surface area contributed by atoms with Gasteiger partial charge in [-0.1, -0.05) is 0 Å². The Bertz CT molecular complexity index is 478. The minimum Gasteiger partial charge on any atom is -0.461 e. The predicted octanol–water partition coefficient (Wildman–Crippen LogP) is 0.615. The van der Waals surface area contributed by atoms with Gasteiger partial charge in [-0.3, -0.25) is 4.79 Å². The summed E-state index contributed by atoms with van der Waals surface area (Å²) in [6.07, 6.45) is -0.0385. The first-order chi connectivity index (χ1) is 9.83. The Balaban J connectivity index is 2.97. The maximum absolute atomic E-state index is 11.8. The van der Waals surface area contributed by atoms with Crippen LogP contribution in [0, 0.1) is 0 Å². The van der Waals surface area contributed by atoms with E-state index in [0.717, 1.165) is 0 Å². The van der Waals surface area contributed by atoms with E-state index in [9.17, 15) is 4.79 Å². The number of amides is 1. The van der Waals surface area contributed by atoms with Gasteiger partial charge in [-0.05, 0) is 20.8 Å². The zero-order valence-electron chi connectivity index (χ0n) is 13.5. The second-order valence-electron chi connectivity index (χ2n) is 5.08. The van der Waals surface area contributed by atoms with Gasteiger partial charge < -0.3 is 19.9 Å². The van der Waals surface area contributed by atoms with Gasteiger partial charge in [0.1, 0.15) is 0 Å². The number of rotatable bonds is 7. The Morgan fingerprint density at radius 1 is 1.24 bits per heavy atom. The first-order valence-corrected chi connectivity index (χ1v) is 6.91. The van der Waals surface area contributed by atoms with Crippen molar-refractivity contribution < 1.29 is 9.53 Å². The summed E-state index contributed by atoms with van der Waals surface area (Å²) in [5, 5.41) is 3.03. The normalized spacial score (nSPS) is 10.4. The third kappa shape index (κ3) is 5.41. The smallest absolute Gasteiger partial charge is 0.323 e. The molecule has 1 N–H and O–H groups in total. The molecule has 1 rings (SSSR count). The SMILES string of the molecule is CCNc1nc(OC(C)C)nc(N(C)CC(=O)N(C)C)n1. The molecular formula is C13H24N6O2. The average Bonchev–Trinajstić information content (AvgIpc) is 2.37. The average molecular weight is 296 g/mol. The van der Waals surface area contributed by atoms with Crippen molar-refractivity contribution in [2.45, 2.75) is 26.9 Å². The van der Waals surface area contributed by atoms with Gasteiger partial charge in [0.2, 0.25) is 17.8 Å². The van der Waals surface area contributed by atoms with Crippen LogP contribution in [0.5, 0.6) is 6.01 Å². The van der Waals surface area contributed by atoms with Crippen LogP contribution in [0.2, 0.25) is 0 Å². The highest BCUT2D eigenvalue weighted by Crippen LogP contribution is 2.15. The Hall–Kier alpha value is -2.12. The van der Waals surface area contributed by atoms with E-state index in [1.807, 2.05) is 20.8 Å². The molecule has 1 aromatic heterocycles. The summed E-state index contributed by atoms with van der Waals surface area (Å²) in [4.78, 5) is 27.7. The molecule has 0 bridgehead atoms. The molecule has 0 aliphatic heterocycles. The number of anilines is 2. The van der Waals surface area contributed by atoms with Crippen molar-refractivity contribution in [1.29, 1.82) is 0 Å². The molecule has 0 spiro atoms. The van der Waals surface area contributed by atoms with Gasteiger partial charge in [-0.15, -0.1) is 0 Å². The van der Waals surface area contributed by atoms with Gasteiger partial charge in [0.15, 0.2) is 0 Å². The molecule has 118 valence electrons. The van der Waals surface area contributed by atoms with Crippen LogP contribution >= 0.6 is 0 Å². The summed E-state index contributed by atoms with van der Waals surface area (Å²) < 4.78 is 5.52. The Morgan fingerprint density at radius 2 is 1.90 bits per heavy atom. The van der Waals surface area contributed by atoms with Crippen LogP contribution in [-0.2, 0) is 4.79 Å². The number of hydrogen-bond donors (Lipinski definition) is 1. The Kier molecular flexibility index (Phi) is 6.13. The molecule has 0 fully saturated rings. The zero-order valence-corrected chi connectivity index (χ0v) is 13.5. The Morgan fingerprint density at radius 3 is 2.43 bits per heavy atom. The van der Waals surface area contributed by atoms with Crippen LogP contribution in [-0.4, -0.2) is 66.1 Å². The third-order valence-electron chi connectivity index (χ3n) is 2.49. The predicted molar refractivity (Wildman–Crippen MR) is 81.7 cm³/mol. The number of hydrogen-bond acceptors (Lipinski definition) is 7. The van der Waals surface area contributed by atoms with E-state index in [4.69, 9.17) is 4.74 Å². The van der Waals surface area contributed by atoms with E-state index in [-0.39, 0.29) is 24.6 Å². The molecule has 0 aromatic carbocycles. The van der Waals surface area contributed by atoms with Crippen molar-refractivity contribution in [3.05, 3.63) is 0 Å². The molecule has 0 atom stereocenters. The van der Waals surface area contributed by atoms with E-state index in [1.165, 1.54) is 4.90 Å². The highest BCUT2D eigenvalue weighted by molar-refractivity contribution is 5.80.